The molecule has 25 heavy (non-hydrogen) atoms. The van der Waals surface area contributed by atoms with Gasteiger partial charge in [0.25, 0.3) is 0 Å². The number of rotatable bonds is 11. The van der Waals surface area contributed by atoms with Crippen molar-refractivity contribution in [2.75, 3.05) is 32.9 Å². The molecule has 0 atom stereocenters. The van der Waals surface area contributed by atoms with Crippen molar-refractivity contribution in [2.45, 2.75) is 65.1 Å². The monoisotopic (exact) mass is 368 g/mol. The van der Waals surface area contributed by atoms with Gasteiger partial charge in [-0.05, 0) is 31.9 Å². The van der Waals surface area contributed by atoms with Crippen molar-refractivity contribution in [3.63, 3.8) is 0 Å². The third kappa shape index (κ3) is 7.67. The van der Waals surface area contributed by atoms with Crippen LogP contribution in [0.25, 0.3) is 0 Å². The highest BCUT2D eigenvalue weighted by Gasteiger charge is 2.12. The van der Waals surface area contributed by atoms with E-state index < -0.39 is 0 Å². The van der Waals surface area contributed by atoms with E-state index in [-0.39, 0.29) is 0 Å². The fourth-order valence-corrected chi connectivity index (χ4v) is 3.12. The summed E-state index contributed by atoms with van der Waals surface area (Å²) in [5.41, 5.74) is 0. The Morgan fingerprint density at radius 2 is 2.04 bits per heavy atom. The second kappa shape index (κ2) is 12.2. The van der Waals surface area contributed by atoms with Crippen molar-refractivity contribution < 1.29 is 0 Å². The molecule has 0 amide bonds. The topological polar surface area (TPSA) is 58.3 Å². The molecule has 0 aromatic carbocycles. The molecule has 0 fully saturated rings. The summed E-state index contributed by atoms with van der Waals surface area (Å²) in [7, 11) is 2.11. The normalized spacial score (nSPS) is 12.0. The van der Waals surface area contributed by atoms with Gasteiger partial charge in [0.15, 0.2) is 11.1 Å². The number of aromatic nitrogens is 3. The molecule has 7 heteroatoms. The molecule has 0 radical (unpaired) electrons. The van der Waals surface area contributed by atoms with Crippen LogP contribution in [-0.2, 0) is 13.0 Å². The maximum atomic E-state index is 4.77. The fourth-order valence-electron chi connectivity index (χ4n) is 2.60. The van der Waals surface area contributed by atoms with Gasteiger partial charge in [0, 0.05) is 39.6 Å². The summed E-state index contributed by atoms with van der Waals surface area (Å²) in [5.74, 6) is 2.67. The number of unbranched alkanes of at least 4 members (excludes halogenated alkanes) is 1. The molecule has 0 saturated heterocycles. The average Bonchev–Trinajstić information content (AvgIpc) is 2.96. The number of aryl methyl sites for hydroxylation is 1. The lowest BCUT2D eigenvalue weighted by molar-refractivity contribution is 0.463. The van der Waals surface area contributed by atoms with E-state index >= 15 is 0 Å². The first-order valence-corrected chi connectivity index (χ1v) is 10.7. The molecule has 1 aromatic rings. The van der Waals surface area contributed by atoms with Gasteiger partial charge in [0.2, 0.25) is 0 Å². The highest BCUT2D eigenvalue weighted by atomic mass is 32.2. The van der Waals surface area contributed by atoms with Crippen LogP contribution in [0.5, 0.6) is 0 Å². The number of thioether (sulfide) groups is 1. The van der Waals surface area contributed by atoms with Gasteiger partial charge in [-0.25, -0.2) is 0 Å². The van der Waals surface area contributed by atoms with Crippen molar-refractivity contribution in [1.82, 2.24) is 25.0 Å². The molecular formula is C18H36N6S. The van der Waals surface area contributed by atoms with Crippen LogP contribution in [0.2, 0.25) is 0 Å². The molecular weight excluding hydrogens is 332 g/mol. The van der Waals surface area contributed by atoms with Crippen LogP contribution in [0.3, 0.4) is 0 Å². The van der Waals surface area contributed by atoms with Crippen molar-refractivity contribution in [3.8, 4) is 0 Å². The Kier molecular flexibility index (Phi) is 10.6. The molecule has 0 saturated carbocycles. The SMILES string of the molecule is CCCCN(C)C(=NCCCc1nnc(SC)n1CC(C)C)NCC. The Labute approximate surface area is 157 Å². The molecule has 0 spiro atoms. The van der Waals surface area contributed by atoms with E-state index in [1.165, 1.54) is 12.8 Å². The fraction of sp³-hybridized carbons (Fsp3) is 0.833. The summed E-state index contributed by atoms with van der Waals surface area (Å²) in [6.45, 7) is 12.5. The smallest absolute Gasteiger partial charge is 0.193 e. The van der Waals surface area contributed by atoms with E-state index in [2.05, 4.69) is 66.0 Å². The van der Waals surface area contributed by atoms with Gasteiger partial charge in [0.1, 0.15) is 5.82 Å². The Hall–Kier alpha value is -1.24. The standard InChI is InChI=1S/C18H36N6S/c1-7-9-13-23(5)17(19-8-2)20-12-10-11-16-21-22-18(25-6)24(16)14-15(3)4/h15H,7-14H2,1-6H3,(H,19,20). The number of hydrogen-bond acceptors (Lipinski definition) is 4. The largest absolute Gasteiger partial charge is 0.357 e. The van der Waals surface area contributed by atoms with Gasteiger partial charge in [-0.1, -0.05) is 39.0 Å². The second-order valence-corrected chi connectivity index (χ2v) is 7.50. The lowest BCUT2D eigenvalue weighted by Gasteiger charge is -2.21. The first-order valence-electron chi connectivity index (χ1n) is 9.48. The zero-order chi connectivity index (χ0) is 18.7. The Balaban J connectivity index is 2.61. The van der Waals surface area contributed by atoms with Gasteiger partial charge in [-0.3, -0.25) is 4.99 Å². The van der Waals surface area contributed by atoms with Crippen molar-refractivity contribution >= 4 is 17.7 Å². The lowest BCUT2D eigenvalue weighted by Crippen LogP contribution is -2.39. The molecule has 0 aliphatic heterocycles. The van der Waals surface area contributed by atoms with E-state index in [9.17, 15) is 0 Å². The molecule has 1 N–H and O–H groups in total. The third-order valence-corrected chi connectivity index (χ3v) is 4.55. The number of nitrogens with zero attached hydrogens (tertiary/aromatic N) is 5. The maximum absolute atomic E-state index is 4.77. The minimum atomic E-state index is 0.589. The van der Waals surface area contributed by atoms with Crippen LogP contribution in [-0.4, -0.2) is 58.6 Å². The second-order valence-electron chi connectivity index (χ2n) is 6.72. The van der Waals surface area contributed by atoms with Crippen molar-refractivity contribution in [3.05, 3.63) is 5.82 Å². The van der Waals surface area contributed by atoms with Gasteiger partial charge >= 0.3 is 0 Å². The third-order valence-electron chi connectivity index (χ3n) is 3.89. The van der Waals surface area contributed by atoms with Crippen LogP contribution in [0.1, 0.15) is 52.8 Å². The average molecular weight is 369 g/mol. The van der Waals surface area contributed by atoms with Gasteiger partial charge in [-0.2, -0.15) is 0 Å². The molecule has 144 valence electrons. The van der Waals surface area contributed by atoms with E-state index in [1.807, 2.05) is 0 Å². The molecule has 0 aliphatic carbocycles. The van der Waals surface area contributed by atoms with E-state index in [0.717, 1.165) is 56.0 Å². The predicted molar refractivity (Wildman–Crippen MR) is 108 cm³/mol. The first-order chi connectivity index (χ1) is 12.0. The Morgan fingerprint density at radius 3 is 2.64 bits per heavy atom. The summed E-state index contributed by atoms with van der Waals surface area (Å²) in [6, 6.07) is 0. The van der Waals surface area contributed by atoms with Crippen LogP contribution in [0.15, 0.2) is 10.1 Å². The van der Waals surface area contributed by atoms with E-state index in [0.29, 0.717) is 5.92 Å². The quantitative estimate of drug-likeness (QED) is 0.281. The number of guanidine groups is 1. The van der Waals surface area contributed by atoms with Crippen LogP contribution < -0.4 is 5.32 Å². The molecule has 0 aliphatic rings. The first kappa shape index (κ1) is 21.8. The molecule has 1 heterocycles. The lowest BCUT2D eigenvalue weighted by atomic mass is 10.2. The van der Waals surface area contributed by atoms with E-state index in [1.54, 1.807) is 11.8 Å². The molecule has 0 unspecified atom stereocenters. The van der Waals surface area contributed by atoms with Crippen molar-refractivity contribution in [2.24, 2.45) is 10.9 Å². The summed E-state index contributed by atoms with van der Waals surface area (Å²) in [5, 5.41) is 13.1. The minimum Gasteiger partial charge on any atom is -0.357 e. The zero-order valence-electron chi connectivity index (χ0n) is 16.9. The summed E-state index contributed by atoms with van der Waals surface area (Å²) >= 11 is 1.67. The van der Waals surface area contributed by atoms with Gasteiger partial charge < -0.3 is 14.8 Å². The van der Waals surface area contributed by atoms with Crippen LogP contribution in [0.4, 0.5) is 0 Å². The van der Waals surface area contributed by atoms with Gasteiger partial charge in [0.05, 0.1) is 0 Å². The van der Waals surface area contributed by atoms with Crippen LogP contribution >= 0.6 is 11.8 Å². The molecule has 1 aromatic heterocycles. The number of aliphatic imine (C=N–C) groups is 1. The minimum absolute atomic E-state index is 0.589. The maximum Gasteiger partial charge on any atom is 0.193 e. The summed E-state index contributed by atoms with van der Waals surface area (Å²) < 4.78 is 2.26. The predicted octanol–water partition coefficient (Wildman–Crippen LogP) is 3.29. The van der Waals surface area contributed by atoms with Crippen molar-refractivity contribution in [1.29, 1.82) is 0 Å². The van der Waals surface area contributed by atoms with Crippen LogP contribution in [0, 0.1) is 5.92 Å². The highest BCUT2D eigenvalue weighted by molar-refractivity contribution is 7.98. The summed E-state index contributed by atoms with van der Waals surface area (Å²) in [4.78, 5) is 6.99. The Bertz CT molecular complexity index is 512. The Morgan fingerprint density at radius 1 is 1.28 bits per heavy atom. The van der Waals surface area contributed by atoms with E-state index in [4.69, 9.17) is 4.99 Å². The molecule has 6 nitrogen and oxygen atoms in total. The number of nitrogens with one attached hydrogen (secondary N) is 1. The molecule has 0 bridgehead atoms. The molecule has 1 rings (SSSR count). The van der Waals surface area contributed by atoms with Gasteiger partial charge in [-0.15, -0.1) is 10.2 Å². The highest BCUT2D eigenvalue weighted by Crippen LogP contribution is 2.16. The number of hydrogen-bond donors (Lipinski definition) is 1. The summed E-state index contributed by atoms with van der Waals surface area (Å²) in [6.07, 6.45) is 6.36. The zero-order valence-corrected chi connectivity index (χ0v) is 17.7.